The second-order valence-electron chi connectivity index (χ2n) is 6.32. The van der Waals surface area contributed by atoms with Gasteiger partial charge in [-0.15, -0.1) is 0 Å². The summed E-state index contributed by atoms with van der Waals surface area (Å²) < 4.78 is 14.6. The van der Waals surface area contributed by atoms with E-state index in [4.69, 9.17) is 0 Å². The van der Waals surface area contributed by atoms with Crippen LogP contribution in [0.4, 0.5) is 4.39 Å². The highest BCUT2D eigenvalue weighted by molar-refractivity contribution is 9.10. The molecule has 0 aromatic heterocycles. The Kier molecular flexibility index (Phi) is 3.87. The molecule has 0 saturated carbocycles. The van der Waals surface area contributed by atoms with Crippen LogP contribution >= 0.6 is 15.9 Å². The van der Waals surface area contributed by atoms with Gasteiger partial charge in [-0.3, -0.25) is 0 Å². The van der Waals surface area contributed by atoms with Crippen molar-refractivity contribution in [2.75, 3.05) is 0 Å². The molecule has 0 amide bonds. The van der Waals surface area contributed by atoms with Crippen LogP contribution in [0.5, 0.6) is 0 Å². The summed E-state index contributed by atoms with van der Waals surface area (Å²) in [7, 11) is -2.92. The number of hydrogen-bond donors (Lipinski definition) is 0. The van der Waals surface area contributed by atoms with Crippen LogP contribution in [0.25, 0.3) is 0 Å². The Hall–Kier alpha value is 0.0638. The fourth-order valence-corrected chi connectivity index (χ4v) is 6.23. The van der Waals surface area contributed by atoms with E-state index in [1.54, 1.807) is 6.07 Å². The van der Waals surface area contributed by atoms with E-state index in [9.17, 15) is 4.39 Å². The molecule has 0 atom stereocenters. The zero-order valence-corrected chi connectivity index (χ0v) is 14.5. The summed E-state index contributed by atoms with van der Waals surface area (Å²) >= 11 is 3.39. The summed E-state index contributed by atoms with van der Waals surface area (Å²) in [6, 6.07) is 3.94. The van der Waals surface area contributed by atoms with E-state index in [0.29, 0.717) is 4.47 Å². The minimum atomic E-state index is -1.48. The second kappa shape index (κ2) is 4.39. The third-order valence-electron chi connectivity index (χ3n) is 2.70. The van der Waals surface area contributed by atoms with Crippen LogP contribution < -0.4 is 10.4 Å². The third-order valence-corrected chi connectivity index (χ3v) is 7.91. The summed E-state index contributed by atoms with van der Waals surface area (Å²) in [4.78, 5) is 0. The molecule has 0 unspecified atom stereocenters. The molecule has 0 fully saturated rings. The van der Waals surface area contributed by atoms with Gasteiger partial charge in [0.25, 0.3) is 0 Å². The van der Waals surface area contributed by atoms with E-state index < -0.39 is 16.1 Å². The van der Waals surface area contributed by atoms with E-state index in [1.165, 1.54) is 10.4 Å². The first-order chi connectivity index (χ1) is 7.03. The standard InChI is InChI=1S/C12H20BrFSi2/c1-15(2,3)9-7-10(14)12(13)11(8-9)16(4,5)6/h7-8H,1-6H3. The molecule has 0 N–H and O–H groups in total. The summed E-state index contributed by atoms with van der Waals surface area (Å²) in [6.07, 6.45) is 0. The minimum absolute atomic E-state index is 0.0997. The molecule has 1 aromatic rings. The maximum atomic E-state index is 13.9. The van der Waals surface area contributed by atoms with Crippen molar-refractivity contribution in [3.05, 3.63) is 22.4 Å². The Morgan fingerprint density at radius 1 is 0.938 bits per heavy atom. The quantitative estimate of drug-likeness (QED) is 0.730. The maximum Gasteiger partial charge on any atom is 0.137 e. The predicted octanol–water partition coefficient (Wildman–Crippen LogP) is 3.68. The van der Waals surface area contributed by atoms with Crippen molar-refractivity contribution in [1.82, 2.24) is 0 Å². The summed E-state index contributed by atoms with van der Waals surface area (Å²) in [5.41, 5.74) is 0. The molecule has 0 aliphatic carbocycles. The average molecular weight is 319 g/mol. The first-order valence-electron chi connectivity index (χ1n) is 5.53. The molecule has 0 aliphatic rings. The highest BCUT2D eigenvalue weighted by Gasteiger charge is 2.26. The Morgan fingerprint density at radius 3 is 1.81 bits per heavy atom. The van der Waals surface area contributed by atoms with Crippen molar-refractivity contribution in [2.24, 2.45) is 0 Å². The van der Waals surface area contributed by atoms with Gasteiger partial charge >= 0.3 is 0 Å². The van der Waals surface area contributed by atoms with Crippen LogP contribution in [0.1, 0.15) is 0 Å². The normalized spacial score (nSPS) is 13.0. The van der Waals surface area contributed by atoms with Gasteiger partial charge < -0.3 is 0 Å². The highest BCUT2D eigenvalue weighted by atomic mass is 79.9. The fourth-order valence-electron chi connectivity index (χ4n) is 1.57. The maximum absolute atomic E-state index is 13.9. The zero-order chi connectivity index (χ0) is 12.7. The minimum Gasteiger partial charge on any atom is -0.206 e. The van der Waals surface area contributed by atoms with Crippen molar-refractivity contribution in [2.45, 2.75) is 39.3 Å². The monoisotopic (exact) mass is 318 g/mol. The molecular weight excluding hydrogens is 299 g/mol. The number of halogens is 2. The third kappa shape index (κ3) is 3.05. The van der Waals surface area contributed by atoms with E-state index in [-0.39, 0.29) is 5.82 Å². The number of benzene rings is 1. The molecule has 0 nitrogen and oxygen atoms in total. The molecule has 0 spiro atoms. The van der Waals surface area contributed by atoms with Crippen LogP contribution in [-0.4, -0.2) is 16.1 Å². The van der Waals surface area contributed by atoms with Gasteiger partial charge in [-0.1, -0.05) is 50.5 Å². The second-order valence-corrected chi connectivity index (χ2v) is 17.2. The molecule has 1 rings (SSSR count). The lowest BCUT2D eigenvalue weighted by Crippen LogP contribution is -2.46. The van der Waals surface area contributed by atoms with Gasteiger partial charge in [0.05, 0.1) is 20.6 Å². The largest absolute Gasteiger partial charge is 0.206 e. The number of rotatable bonds is 2. The topological polar surface area (TPSA) is 0 Å². The molecule has 90 valence electrons. The van der Waals surface area contributed by atoms with Gasteiger partial charge in [0.15, 0.2) is 0 Å². The van der Waals surface area contributed by atoms with E-state index >= 15 is 0 Å². The molecule has 16 heavy (non-hydrogen) atoms. The molecule has 0 saturated heterocycles. The lowest BCUT2D eigenvalue weighted by atomic mass is 10.3. The van der Waals surface area contributed by atoms with Crippen LogP contribution in [0, 0.1) is 5.82 Å². The number of hydrogen-bond acceptors (Lipinski definition) is 0. The Balaban J connectivity index is 3.46. The van der Waals surface area contributed by atoms with Crippen molar-refractivity contribution >= 4 is 42.5 Å². The SMILES string of the molecule is C[Si](C)(C)c1cc(F)c(Br)c([Si](C)(C)C)c1. The summed E-state index contributed by atoms with van der Waals surface area (Å²) in [5.74, 6) is -0.0997. The Labute approximate surface area is 108 Å². The lowest BCUT2D eigenvalue weighted by Gasteiger charge is -2.24. The van der Waals surface area contributed by atoms with Crippen LogP contribution in [0.15, 0.2) is 16.6 Å². The van der Waals surface area contributed by atoms with Crippen molar-refractivity contribution in [1.29, 1.82) is 0 Å². The first-order valence-corrected chi connectivity index (χ1v) is 13.3. The van der Waals surface area contributed by atoms with E-state index in [1.807, 2.05) is 0 Å². The van der Waals surface area contributed by atoms with Gasteiger partial charge in [0.2, 0.25) is 0 Å². The lowest BCUT2D eigenvalue weighted by molar-refractivity contribution is 0.623. The van der Waals surface area contributed by atoms with Crippen molar-refractivity contribution in [3.63, 3.8) is 0 Å². The van der Waals surface area contributed by atoms with Gasteiger partial charge in [0, 0.05) is 0 Å². The fraction of sp³-hybridized carbons (Fsp3) is 0.500. The molecule has 0 bridgehead atoms. The predicted molar refractivity (Wildman–Crippen MR) is 80.1 cm³/mol. The van der Waals surface area contributed by atoms with Gasteiger partial charge in [-0.25, -0.2) is 4.39 Å². The van der Waals surface area contributed by atoms with Crippen LogP contribution in [0.2, 0.25) is 39.3 Å². The summed E-state index contributed by atoms with van der Waals surface area (Å²) in [6.45, 7) is 13.5. The van der Waals surface area contributed by atoms with E-state index in [0.717, 1.165) is 0 Å². The van der Waals surface area contributed by atoms with Crippen molar-refractivity contribution in [3.8, 4) is 0 Å². The van der Waals surface area contributed by atoms with Gasteiger partial charge in [-0.2, -0.15) is 0 Å². The van der Waals surface area contributed by atoms with Crippen LogP contribution in [0.3, 0.4) is 0 Å². The van der Waals surface area contributed by atoms with Crippen LogP contribution in [-0.2, 0) is 0 Å². The molecule has 4 heteroatoms. The Bertz CT molecular complexity index is 403. The molecule has 0 heterocycles. The first kappa shape index (κ1) is 14.1. The van der Waals surface area contributed by atoms with Gasteiger partial charge in [-0.05, 0) is 27.2 Å². The zero-order valence-electron chi connectivity index (χ0n) is 10.9. The molecular formula is C12H20BrFSi2. The van der Waals surface area contributed by atoms with E-state index in [2.05, 4.69) is 61.3 Å². The highest BCUT2D eigenvalue weighted by Crippen LogP contribution is 2.17. The smallest absolute Gasteiger partial charge is 0.137 e. The molecule has 0 radical (unpaired) electrons. The Morgan fingerprint density at radius 2 is 1.44 bits per heavy atom. The molecule has 0 aliphatic heterocycles. The summed E-state index contributed by atoms with van der Waals surface area (Å²) in [5, 5.41) is 2.41. The van der Waals surface area contributed by atoms with Gasteiger partial charge in [0.1, 0.15) is 5.82 Å². The van der Waals surface area contributed by atoms with Crippen molar-refractivity contribution < 1.29 is 4.39 Å². The molecule has 1 aromatic carbocycles. The average Bonchev–Trinajstić information content (AvgIpc) is 2.05.